The van der Waals surface area contributed by atoms with E-state index in [0.717, 1.165) is 22.7 Å². The van der Waals surface area contributed by atoms with Gasteiger partial charge in [-0.25, -0.2) is 0 Å². The van der Waals surface area contributed by atoms with Gasteiger partial charge in [-0.2, -0.15) is 0 Å². The Labute approximate surface area is 161 Å². The van der Waals surface area contributed by atoms with E-state index in [2.05, 4.69) is 21.6 Å². The Morgan fingerprint density at radius 3 is 2.38 bits per heavy atom. The third kappa shape index (κ3) is 5.34. The second-order valence-corrected chi connectivity index (χ2v) is 6.39. The number of ether oxygens (including phenoxy) is 2. The van der Waals surface area contributed by atoms with Crippen molar-refractivity contribution < 1.29 is 9.47 Å². The van der Waals surface area contributed by atoms with E-state index in [-0.39, 0.29) is 6.04 Å². The van der Waals surface area contributed by atoms with Crippen molar-refractivity contribution in [3.63, 3.8) is 0 Å². The molecule has 0 fully saturated rings. The average molecular weight is 374 g/mol. The molecule has 0 aliphatic heterocycles. The summed E-state index contributed by atoms with van der Waals surface area (Å²) in [5.41, 5.74) is 1.97. The first kappa shape index (κ1) is 20.0. The summed E-state index contributed by atoms with van der Waals surface area (Å²) in [7, 11) is 5.77. The average Bonchev–Trinajstić information content (AvgIpc) is 2.64. The predicted octanol–water partition coefficient (Wildman–Crippen LogP) is 3.68. The van der Waals surface area contributed by atoms with Gasteiger partial charge in [-0.15, -0.1) is 0 Å². The maximum Gasteiger partial charge on any atom is 0.170 e. The first-order valence-electron chi connectivity index (χ1n) is 8.62. The third-order valence-corrected chi connectivity index (χ3v) is 4.26. The van der Waals surface area contributed by atoms with Crippen molar-refractivity contribution in [2.24, 2.45) is 0 Å². The number of likely N-dealkylation sites (N-methyl/N-ethyl adjacent to an activating group) is 1. The Balaban J connectivity index is 2.04. The molecule has 26 heavy (non-hydrogen) atoms. The van der Waals surface area contributed by atoms with Crippen LogP contribution >= 0.6 is 12.2 Å². The summed E-state index contributed by atoms with van der Waals surface area (Å²) in [6, 6.07) is 15.9. The Kier molecular flexibility index (Phi) is 7.69. The highest BCUT2D eigenvalue weighted by molar-refractivity contribution is 7.80. The number of para-hydroxylation sites is 3. The predicted molar refractivity (Wildman–Crippen MR) is 111 cm³/mol. The molecule has 0 saturated heterocycles. The zero-order chi connectivity index (χ0) is 18.9. The number of thiocarbonyl (C=S) groups is 1. The lowest BCUT2D eigenvalue weighted by Gasteiger charge is -2.27. The van der Waals surface area contributed by atoms with Crippen LogP contribution in [0.2, 0.25) is 0 Å². The Morgan fingerprint density at radius 1 is 1.08 bits per heavy atom. The van der Waals surface area contributed by atoms with Gasteiger partial charge in [-0.1, -0.05) is 30.3 Å². The quantitative estimate of drug-likeness (QED) is 0.688. The van der Waals surface area contributed by atoms with Gasteiger partial charge in [-0.3, -0.25) is 0 Å². The Hall–Kier alpha value is -2.31. The normalized spacial score (nSPS) is 11.7. The summed E-state index contributed by atoms with van der Waals surface area (Å²) in [5.74, 6) is 1.65. The molecule has 0 bridgehead atoms. The minimum absolute atomic E-state index is 0.119. The van der Waals surface area contributed by atoms with Crippen LogP contribution < -0.4 is 20.1 Å². The molecule has 0 saturated carbocycles. The number of hydrogen-bond donors (Lipinski definition) is 2. The molecule has 2 rings (SSSR count). The molecule has 6 heteroatoms. The number of nitrogens with one attached hydrogen (secondary N) is 2. The molecule has 2 N–H and O–H groups in total. The largest absolute Gasteiger partial charge is 0.496 e. The summed E-state index contributed by atoms with van der Waals surface area (Å²) in [5, 5.41) is 7.07. The van der Waals surface area contributed by atoms with E-state index in [9.17, 15) is 0 Å². The lowest BCUT2D eigenvalue weighted by atomic mass is 10.0. The topological polar surface area (TPSA) is 45.8 Å². The van der Waals surface area contributed by atoms with Crippen LogP contribution in [-0.4, -0.2) is 44.4 Å². The fourth-order valence-corrected chi connectivity index (χ4v) is 2.91. The summed E-state index contributed by atoms with van der Waals surface area (Å²) in [6.45, 7) is 3.22. The summed E-state index contributed by atoms with van der Waals surface area (Å²) in [4.78, 5) is 2.14. The Bertz CT molecular complexity index is 722. The molecule has 0 heterocycles. The van der Waals surface area contributed by atoms with Gasteiger partial charge in [0.15, 0.2) is 5.11 Å². The number of anilines is 1. The molecule has 140 valence electrons. The van der Waals surface area contributed by atoms with Crippen LogP contribution in [0.25, 0.3) is 0 Å². The van der Waals surface area contributed by atoms with Crippen molar-refractivity contribution in [1.82, 2.24) is 10.2 Å². The van der Waals surface area contributed by atoms with E-state index in [1.54, 1.807) is 7.11 Å². The molecule has 0 aliphatic carbocycles. The van der Waals surface area contributed by atoms with Gasteiger partial charge in [0.25, 0.3) is 0 Å². The number of methoxy groups -OCH3 is 1. The molecule has 2 aromatic carbocycles. The fourth-order valence-electron chi connectivity index (χ4n) is 2.72. The lowest BCUT2D eigenvalue weighted by molar-refractivity contribution is 0.288. The molecule has 0 aromatic heterocycles. The van der Waals surface area contributed by atoms with Gasteiger partial charge in [0, 0.05) is 12.1 Å². The first-order chi connectivity index (χ1) is 12.6. The van der Waals surface area contributed by atoms with Gasteiger partial charge in [-0.05, 0) is 51.4 Å². The molecule has 5 nitrogen and oxygen atoms in total. The van der Waals surface area contributed by atoms with Gasteiger partial charge >= 0.3 is 0 Å². The van der Waals surface area contributed by atoms with E-state index in [1.807, 2.05) is 63.5 Å². The van der Waals surface area contributed by atoms with Gasteiger partial charge in [0.1, 0.15) is 11.5 Å². The van der Waals surface area contributed by atoms with Crippen LogP contribution in [0.15, 0.2) is 48.5 Å². The van der Waals surface area contributed by atoms with Crippen LogP contribution in [0.1, 0.15) is 18.5 Å². The van der Waals surface area contributed by atoms with Crippen molar-refractivity contribution in [3.05, 3.63) is 54.1 Å². The number of nitrogens with zero attached hydrogens (tertiary/aromatic N) is 1. The summed E-state index contributed by atoms with van der Waals surface area (Å²) >= 11 is 5.47. The van der Waals surface area contributed by atoms with Gasteiger partial charge in [0.05, 0.1) is 25.4 Å². The molecule has 2 aromatic rings. The number of rotatable bonds is 8. The molecule has 0 aliphatic rings. The molecular formula is C20H27N3O2S. The van der Waals surface area contributed by atoms with E-state index in [0.29, 0.717) is 18.3 Å². The molecule has 0 spiro atoms. The van der Waals surface area contributed by atoms with E-state index in [4.69, 9.17) is 21.7 Å². The minimum Gasteiger partial charge on any atom is -0.496 e. The van der Waals surface area contributed by atoms with E-state index in [1.165, 1.54) is 0 Å². The maximum atomic E-state index is 5.63. The van der Waals surface area contributed by atoms with Gasteiger partial charge in [0.2, 0.25) is 0 Å². The van der Waals surface area contributed by atoms with E-state index < -0.39 is 0 Å². The highest BCUT2D eigenvalue weighted by Gasteiger charge is 2.18. The van der Waals surface area contributed by atoms with E-state index >= 15 is 0 Å². The molecule has 0 amide bonds. The highest BCUT2D eigenvalue weighted by atomic mass is 32.1. The monoisotopic (exact) mass is 373 g/mol. The fraction of sp³-hybridized carbons (Fsp3) is 0.350. The minimum atomic E-state index is 0.119. The van der Waals surface area contributed by atoms with Crippen molar-refractivity contribution >= 4 is 23.0 Å². The second-order valence-electron chi connectivity index (χ2n) is 5.99. The van der Waals surface area contributed by atoms with Crippen molar-refractivity contribution in [2.45, 2.75) is 13.0 Å². The zero-order valence-corrected chi connectivity index (χ0v) is 16.6. The standard InChI is InChI=1S/C20H27N3O2S/c1-5-25-19-13-9-7-11-16(19)22-20(26)21-14-17(23(2)3)15-10-6-8-12-18(15)24-4/h6-13,17H,5,14H2,1-4H3,(H2,21,22,26)/t17-/m0/s1. The van der Waals surface area contributed by atoms with Crippen LogP contribution in [0.3, 0.4) is 0 Å². The summed E-state index contributed by atoms with van der Waals surface area (Å²) < 4.78 is 11.1. The highest BCUT2D eigenvalue weighted by Crippen LogP contribution is 2.27. The zero-order valence-electron chi connectivity index (χ0n) is 15.8. The maximum absolute atomic E-state index is 5.63. The summed E-state index contributed by atoms with van der Waals surface area (Å²) in [6.07, 6.45) is 0. The van der Waals surface area contributed by atoms with Crippen molar-refractivity contribution in [1.29, 1.82) is 0 Å². The van der Waals surface area contributed by atoms with Crippen LogP contribution in [0.5, 0.6) is 11.5 Å². The molecule has 0 unspecified atom stereocenters. The molecule has 0 radical (unpaired) electrons. The van der Waals surface area contributed by atoms with Crippen LogP contribution in [-0.2, 0) is 0 Å². The van der Waals surface area contributed by atoms with Crippen molar-refractivity contribution in [3.8, 4) is 11.5 Å². The van der Waals surface area contributed by atoms with Crippen LogP contribution in [0, 0.1) is 0 Å². The SMILES string of the molecule is CCOc1ccccc1NC(=S)NC[C@@H](c1ccccc1OC)N(C)C. The van der Waals surface area contributed by atoms with Gasteiger partial charge < -0.3 is 25.0 Å². The second kappa shape index (κ2) is 9.99. The lowest BCUT2D eigenvalue weighted by Crippen LogP contribution is -2.37. The van der Waals surface area contributed by atoms with Crippen LogP contribution in [0.4, 0.5) is 5.69 Å². The van der Waals surface area contributed by atoms with Crippen molar-refractivity contribution in [2.75, 3.05) is 39.7 Å². The third-order valence-electron chi connectivity index (χ3n) is 4.01. The Morgan fingerprint density at radius 2 is 1.73 bits per heavy atom. The smallest absolute Gasteiger partial charge is 0.170 e. The first-order valence-corrected chi connectivity index (χ1v) is 9.03. The molecule has 1 atom stereocenters. The molecular weight excluding hydrogens is 346 g/mol. The number of benzene rings is 2. The number of hydrogen-bond acceptors (Lipinski definition) is 4.